The molecule has 0 aliphatic heterocycles. The average molecular weight is 290 g/mol. The van der Waals surface area contributed by atoms with Crippen LogP contribution in [0.15, 0.2) is 30.5 Å². The van der Waals surface area contributed by atoms with Crippen LogP contribution in [0.25, 0.3) is 0 Å². The minimum Gasteiger partial charge on any atom is -0.497 e. The van der Waals surface area contributed by atoms with Gasteiger partial charge in [-0.25, -0.2) is 0 Å². The number of carbonyl (C=O) groups excluding carboxylic acids is 1. The quantitative estimate of drug-likeness (QED) is 0.720. The van der Waals surface area contributed by atoms with E-state index in [4.69, 9.17) is 22.7 Å². The lowest BCUT2D eigenvalue weighted by Gasteiger charge is -2.06. The van der Waals surface area contributed by atoms with E-state index in [0.717, 1.165) is 11.3 Å². The van der Waals surface area contributed by atoms with E-state index in [9.17, 15) is 4.79 Å². The Balaban J connectivity index is 2.01. The van der Waals surface area contributed by atoms with Gasteiger partial charge in [-0.1, -0.05) is 24.4 Å². The van der Waals surface area contributed by atoms with Gasteiger partial charge in [0.15, 0.2) is 0 Å². The SMILES string of the molecule is COc1ccc(CC(=O)Nc2[nH]ncc2C(N)=S)cc1. The predicted octanol–water partition coefficient (Wildman–Crippen LogP) is 1.23. The number of H-pyrrole nitrogens is 1. The summed E-state index contributed by atoms with van der Waals surface area (Å²) in [6, 6.07) is 7.28. The normalized spacial score (nSPS) is 10.1. The molecule has 20 heavy (non-hydrogen) atoms. The lowest BCUT2D eigenvalue weighted by atomic mass is 10.1. The zero-order valence-corrected chi connectivity index (χ0v) is 11.7. The summed E-state index contributed by atoms with van der Waals surface area (Å²) in [5, 5.41) is 9.15. The molecule has 4 N–H and O–H groups in total. The van der Waals surface area contributed by atoms with Crippen LogP contribution in [0.4, 0.5) is 5.82 Å². The van der Waals surface area contributed by atoms with Gasteiger partial charge >= 0.3 is 0 Å². The van der Waals surface area contributed by atoms with Crippen molar-refractivity contribution in [1.29, 1.82) is 0 Å². The fraction of sp³-hybridized carbons (Fsp3) is 0.154. The zero-order valence-electron chi connectivity index (χ0n) is 10.8. The predicted molar refractivity (Wildman–Crippen MR) is 79.8 cm³/mol. The van der Waals surface area contributed by atoms with Crippen molar-refractivity contribution in [3.8, 4) is 5.75 Å². The Kier molecular flexibility index (Phi) is 4.31. The van der Waals surface area contributed by atoms with Crippen LogP contribution in [0, 0.1) is 0 Å². The summed E-state index contributed by atoms with van der Waals surface area (Å²) in [6.45, 7) is 0. The Bertz CT molecular complexity index is 622. The second kappa shape index (κ2) is 6.16. The molecule has 0 saturated heterocycles. The van der Waals surface area contributed by atoms with Gasteiger partial charge in [0, 0.05) is 0 Å². The van der Waals surface area contributed by atoms with E-state index >= 15 is 0 Å². The molecule has 7 heteroatoms. The molecule has 1 heterocycles. The third-order valence-corrected chi connectivity index (χ3v) is 2.91. The molecule has 0 aliphatic rings. The van der Waals surface area contributed by atoms with Crippen LogP contribution in [0.5, 0.6) is 5.75 Å². The van der Waals surface area contributed by atoms with E-state index in [1.54, 1.807) is 19.2 Å². The molecular weight excluding hydrogens is 276 g/mol. The van der Waals surface area contributed by atoms with Crippen LogP contribution in [0.2, 0.25) is 0 Å². The summed E-state index contributed by atoms with van der Waals surface area (Å²) in [5.74, 6) is 0.978. The molecule has 1 aromatic carbocycles. The van der Waals surface area contributed by atoms with Crippen molar-refractivity contribution in [3.63, 3.8) is 0 Å². The van der Waals surface area contributed by atoms with E-state index in [1.165, 1.54) is 6.20 Å². The van der Waals surface area contributed by atoms with Gasteiger partial charge < -0.3 is 15.8 Å². The maximum absolute atomic E-state index is 11.9. The van der Waals surface area contributed by atoms with Gasteiger partial charge in [-0.15, -0.1) is 0 Å². The van der Waals surface area contributed by atoms with Crippen LogP contribution in [0.3, 0.4) is 0 Å². The monoisotopic (exact) mass is 290 g/mol. The highest BCUT2D eigenvalue weighted by atomic mass is 32.1. The van der Waals surface area contributed by atoms with Gasteiger partial charge in [-0.3, -0.25) is 9.89 Å². The number of carbonyl (C=O) groups is 1. The van der Waals surface area contributed by atoms with Crippen molar-refractivity contribution in [3.05, 3.63) is 41.6 Å². The van der Waals surface area contributed by atoms with Gasteiger partial charge in [0.25, 0.3) is 0 Å². The number of hydrogen-bond donors (Lipinski definition) is 3. The number of thiocarbonyl (C=S) groups is 1. The number of ether oxygens (including phenoxy) is 1. The fourth-order valence-electron chi connectivity index (χ4n) is 1.68. The molecule has 0 fully saturated rings. The Morgan fingerprint density at radius 3 is 2.75 bits per heavy atom. The first-order chi connectivity index (χ1) is 9.60. The minimum atomic E-state index is -0.183. The molecule has 1 aromatic heterocycles. The Morgan fingerprint density at radius 2 is 2.15 bits per heavy atom. The highest BCUT2D eigenvalue weighted by Gasteiger charge is 2.11. The largest absolute Gasteiger partial charge is 0.497 e. The number of nitrogens with one attached hydrogen (secondary N) is 2. The number of nitrogens with zero attached hydrogens (tertiary/aromatic N) is 1. The minimum absolute atomic E-state index is 0.179. The van der Waals surface area contributed by atoms with Crippen LogP contribution in [0.1, 0.15) is 11.1 Å². The topological polar surface area (TPSA) is 93.0 Å². The summed E-state index contributed by atoms with van der Waals surface area (Å²) >= 11 is 4.87. The summed E-state index contributed by atoms with van der Waals surface area (Å²) in [6.07, 6.45) is 1.71. The molecule has 2 aromatic rings. The van der Waals surface area contributed by atoms with Gasteiger partial charge in [0.05, 0.1) is 25.3 Å². The highest BCUT2D eigenvalue weighted by molar-refractivity contribution is 7.80. The molecule has 0 radical (unpaired) electrons. The summed E-state index contributed by atoms with van der Waals surface area (Å²) in [7, 11) is 1.59. The molecule has 0 saturated carbocycles. The highest BCUT2D eigenvalue weighted by Crippen LogP contribution is 2.14. The zero-order chi connectivity index (χ0) is 14.5. The second-order valence-electron chi connectivity index (χ2n) is 4.10. The number of benzene rings is 1. The van der Waals surface area contributed by atoms with Crippen molar-refractivity contribution in [2.24, 2.45) is 5.73 Å². The molecule has 6 nitrogen and oxygen atoms in total. The van der Waals surface area contributed by atoms with Gasteiger partial charge in [0.1, 0.15) is 16.6 Å². The summed E-state index contributed by atoms with van der Waals surface area (Å²) in [4.78, 5) is 12.1. The van der Waals surface area contributed by atoms with Crippen LogP contribution >= 0.6 is 12.2 Å². The Hall–Kier alpha value is -2.41. The standard InChI is InChI=1S/C13H14N4O2S/c1-19-9-4-2-8(3-5-9)6-11(18)16-13-10(12(14)20)7-15-17-13/h2-5,7H,6H2,1H3,(H2,14,20)(H2,15,16,17,18). The smallest absolute Gasteiger partial charge is 0.229 e. The van der Waals surface area contributed by atoms with Crippen LogP contribution in [-0.4, -0.2) is 28.2 Å². The molecule has 1 amide bonds. The van der Waals surface area contributed by atoms with Crippen molar-refractivity contribution >= 4 is 28.9 Å². The number of methoxy groups -OCH3 is 1. The Labute approximate surface area is 121 Å². The van der Waals surface area contributed by atoms with Gasteiger partial charge in [-0.05, 0) is 17.7 Å². The molecular formula is C13H14N4O2S. The van der Waals surface area contributed by atoms with E-state index in [1.807, 2.05) is 12.1 Å². The molecule has 0 unspecified atom stereocenters. The van der Waals surface area contributed by atoms with E-state index in [0.29, 0.717) is 11.4 Å². The van der Waals surface area contributed by atoms with Crippen molar-refractivity contribution in [2.75, 3.05) is 12.4 Å². The number of amides is 1. The average Bonchev–Trinajstić information content (AvgIpc) is 2.87. The molecule has 0 aliphatic carbocycles. The number of aromatic nitrogens is 2. The number of hydrogen-bond acceptors (Lipinski definition) is 4. The van der Waals surface area contributed by atoms with Crippen LogP contribution < -0.4 is 15.8 Å². The maximum Gasteiger partial charge on any atom is 0.229 e. The number of anilines is 1. The molecule has 0 bridgehead atoms. The van der Waals surface area contributed by atoms with E-state index in [-0.39, 0.29) is 17.3 Å². The van der Waals surface area contributed by atoms with Crippen molar-refractivity contribution < 1.29 is 9.53 Å². The number of rotatable bonds is 5. The Morgan fingerprint density at radius 1 is 1.45 bits per heavy atom. The van der Waals surface area contributed by atoms with E-state index < -0.39 is 0 Å². The van der Waals surface area contributed by atoms with Gasteiger partial charge in [-0.2, -0.15) is 5.10 Å². The van der Waals surface area contributed by atoms with Crippen molar-refractivity contribution in [2.45, 2.75) is 6.42 Å². The van der Waals surface area contributed by atoms with Crippen LogP contribution in [-0.2, 0) is 11.2 Å². The first-order valence-electron chi connectivity index (χ1n) is 5.86. The number of nitrogens with two attached hydrogens (primary N) is 1. The first kappa shape index (κ1) is 14.0. The van der Waals surface area contributed by atoms with E-state index in [2.05, 4.69) is 15.5 Å². The lowest BCUT2D eigenvalue weighted by molar-refractivity contribution is -0.115. The third kappa shape index (κ3) is 3.33. The molecule has 104 valence electrons. The van der Waals surface area contributed by atoms with Crippen molar-refractivity contribution in [1.82, 2.24) is 10.2 Å². The first-order valence-corrected chi connectivity index (χ1v) is 6.27. The molecule has 0 spiro atoms. The summed E-state index contributed by atoms with van der Waals surface area (Å²) < 4.78 is 5.06. The molecule has 0 atom stereocenters. The lowest BCUT2D eigenvalue weighted by Crippen LogP contribution is -2.18. The molecule has 2 rings (SSSR count). The maximum atomic E-state index is 11.9. The number of aromatic amines is 1. The third-order valence-electron chi connectivity index (χ3n) is 2.69. The summed E-state index contributed by atoms with van der Waals surface area (Å²) in [5.41, 5.74) is 6.92. The second-order valence-corrected chi connectivity index (χ2v) is 4.54. The van der Waals surface area contributed by atoms with Gasteiger partial charge in [0.2, 0.25) is 5.91 Å². The fourth-order valence-corrected chi connectivity index (χ4v) is 1.84.